The molecule has 3 N–H and O–H groups in total. The van der Waals surface area contributed by atoms with Crippen molar-refractivity contribution in [2.75, 3.05) is 6.54 Å². The number of amides is 2. The lowest BCUT2D eigenvalue weighted by molar-refractivity contribution is -0.122. The number of carbonyl (C=O) groups excluding carboxylic acids is 2. The molecule has 22 heavy (non-hydrogen) atoms. The van der Waals surface area contributed by atoms with Crippen LogP contribution in [0.5, 0.6) is 0 Å². The van der Waals surface area contributed by atoms with Gasteiger partial charge in [-0.1, -0.05) is 12.1 Å². The molecule has 0 heterocycles. The van der Waals surface area contributed by atoms with E-state index in [-0.39, 0.29) is 36.6 Å². The molecule has 1 atom stereocenters. The van der Waals surface area contributed by atoms with Gasteiger partial charge in [0.2, 0.25) is 11.8 Å². The van der Waals surface area contributed by atoms with Gasteiger partial charge in [0.25, 0.3) is 0 Å². The molecule has 5 nitrogen and oxygen atoms in total. The number of hydrogen-bond acceptors (Lipinski definition) is 3. The van der Waals surface area contributed by atoms with E-state index in [4.69, 9.17) is 0 Å². The van der Waals surface area contributed by atoms with Crippen LogP contribution in [0.3, 0.4) is 0 Å². The fraction of sp³-hybridized carbons (Fsp3) is 0.500. The summed E-state index contributed by atoms with van der Waals surface area (Å²) in [6, 6.07) is 5.55. The Kier molecular flexibility index (Phi) is 7.52. The van der Waals surface area contributed by atoms with Gasteiger partial charge in [0.15, 0.2) is 0 Å². The van der Waals surface area contributed by atoms with Crippen LogP contribution in [0.4, 0.5) is 4.39 Å². The Hall–Kier alpha value is -1.95. The van der Waals surface area contributed by atoms with E-state index in [0.29, 0.717) is 18.4 Å². The third-order valence-electron chi connectivity index (χ3n) is 3.00. The Labute approximate surface area is 129 Å². The Morgan fingerprint density at radius 3 is 2.32 bits per heavy atom. The molecule has 1 rings (SSSR count). The van der Waals surface area contributed by atoms with Gasteiger partial charge in [0.1, 0.15) is 5.82 Å². The van der Waals surface area contributed by atoms with E-state index in [1.54, 1.807) is 0 Å². The van der Waals surface area contributed by atoms with Crippen molar-refractivity contribution in [3.63, 3.8) is 0 Å². The van der Waals surface area contributed by atoms with Gasteiger partial charge in [-0.25, -0.2) is 4.39 Å². The van der Waals surface area contributed by atoms with Crippen molar-refractivity contribution in [3.05, 3.63) is 35.6 Å². The number of halogens is 1. The summed E-state index contributed by atoms with van der Waals surface area (Å²) < 4.78 is 12.8. The number of benzene rings is 1. The first-order valence-electron chi connectivity index (χ1n) is 7.38. The van der Waals surface area contributed by atoms with E-state index in [1.165, 1.54) is 24.3 Å². The summed E-state index contributed by atoms with van der Waals surface area (Å²) in [5.41, 5.74) is 0.540. The van der Waals surface area contributed by atoms with Gasteiger partial charge >= 0.3 is 0 Å². The lowest BCUT2D eigenvalue weighted by Gasteiger charge is -2.12. The maximum absolute atomic E-state index is 12.8. The third-order valence-corrected chi connectivity index (χ3v) is 3.00. The van der Waals surface area contributed by atoms with Gasteiger partial charge in [-0.15, -0.1) is 0 Å². The van der Waals surface area contributed by atoms with E-state index in [9.17, 15) is 19.1 Å². The minimum Gasteiger partial charge on any atom is -0.387 e. The first-order valence-corrected chi connectivity index (χ1v) is 7.38. The molecule has 2 amide bonds. The van der Waals surface area contributed by atoms with Crippen LogP contribution in [0.15, 0.2) is 24.3 Å². The zero-order valence-corrected chi connectivity index (χ0v) is 12.9. The zero-order chi connectivity index (χ0) is 16.5. The molecule has 0 spiro atoms. The summed E-state index contributed by atoms with van der Waals surface area (Å²) in [6.45, 7) is 3.81. The average Bonchev–Trinajstić information content (AvgIpc) is 2.44. The van der Waals surface area contributed by atoms with E-state index in [0.717, 1.165) is 0 Å². The average molecular weight is 310 g/mol. The molecular weight excluding hydrogens is 287 g/mol. The summed E-state index contributed by atoms with van der Waals surface area (Å²) in [5, 5.41) is 15.2. The molecule has 0 saturated heterocycles. The maximum Gasteiger partial charge on any atom is 0.220 e. The highest BCUT2D eigenvalue weighted by Gasteiger charge is 2.10. The molecule has 1 aromatic rings. The molecule has 0 bridgehead atoms. The molecular formula is C16H23FN2O3. The second-order valence-electron chi connectivity index (χ2n) is 5.45. The Morgan fingerprint density at radius 1 is 1.14 bits per heavy atom. The fourth-order valence-corrected chi connectivity index (χ4v) is 1.91. The summed E-state index contributed by atoms with van der Waals surface area (Å²) in [4.78, 5) is 23.0. The number of aliphatic hydroxyl groups excluding tert-OH is 1. The van der Waals surface area contributed by atoms with Crippen molar-refractivity contribution < 1.29 is 19.1 Å². The SMILES string of the molecule is CC(C)NC(=O)CCCC(=O)NCC(O)c1ccc(F)cc1. The fourth-order valence-electron chi connectivity index (χ4n) is 1.91. The topological polar surface area (TPSA) is 78.4 Å². The van der Waals surface area contributed by atoms with Gasteiger partial charge in [-0.3, -0.25) is 9.59 Å². The predicted octanol–water partition coefficient (Wildman–Crippen LogP) is 1.67. The number of carbonyl (C=O) groups is 2. The minimum atomic E-state index is -0.881. The minimum absolute atomic E-state index is 0.0582. The normalized spacial score (nSPS) is 12.0. The van der Waals surface area contributed by atoms with Gasteiger partial charge in [0.05, 0.1) is 6.10 Å². The van der Waals surface area contributed by atoms with Crippen molar-refractivity contribution in [3.8, 4) is 0 Å². The number of hydrogen-bond donors (Lipinski definition) is 3. The first kappa shape index (κ1) is 18.1. The smallest absolute Gasteiger partial charge is 0.220 e. The van der Waals surface area contributed by atoms with Crippen LogP contribution in [0, 0.1) is 5.82 Å². The van der Waals surface area contributed by atoms with Gasteiger partial charge in [-0.2, -0.15) is 0 Å². The number of nitrogens with one attached hydrogen (secondary N) is 2. The van der Waals surface area contributed by atoms with Crippen molar-refractivity contribution in [2.24, 2.45) is 0 Å². The van der Waals surface area contributed by atoms with Crippen molar-refractivity contribution >= 4 is 11.8 Å². The molecule has 0 radical (unpaired) electrons. The van der Waals surface area contributed by atoms with Crippen LogP contribution >= 0.6 is 0 Å². The van der Waals surface area contributed by atoms with Crippen molar-refractivity contribution in [2.45, 2.75) is 45.3 Å². The zero-order valence-electron chi connectivity index (χ0n) is 12.9. The van der Waals surface area contributed by atoms with Crippen LogP contribution < -0.4 is 10.6 Å². The van der Waals surface area contributed by atoms with E-state index in [1.807, 2.05) is 13.8 Å². The highest BCUT2D eigenvalue weighted by atomic mass is 19.1. The monoisotopic (exact) mass is 310 g/mol. The van der Waals surface area contributed by atoms with E-state index in [2.05, 4.69) is 10.6 Å². The highest BCUT2D eigenvalue weighted by molar-refractivity contribution is 5.78. The summed E-state index contributed by atoms with van der Waals surface area (Å²) in [5.74, 6) is -0.674. The van der Waals surface area contributed by atoms with Gasteiger partial charge < -0.3 is 15.7 Å². The molecule has 122 valence electrons. The van der Waals surface area contributed by atoms with Crippen molar-refractivity contribution in [1.82, 2.24) is 10.6 Å². The molecule has 0 aliphatic heterocycles. The molecule has 6 heteroatoms. The quantitative estimate of drug-likeness (QED) is 0.683. The largest absolute Gasteiger partial charge is 0.387 e. The lowest BCUT2D eigenvalue weighted by atomic mass is 10.1. The summed E-state index contributed by atoms with van der Waals surface area (Å²) in [7, 11) is 0. The Morgan fingerprint density at radius 2 is 1.73 bits per heavy atom. The van der Waals surface area contributed by atoms with Gasteiger partial charge in [0, 0.05) is 25.4 Å². The van der Waals surface area contributed by atoms with Crippen LogP contribution in [0.2, 0.25) is 0 Å². The Bertz CT molecular complexity index is 489. The lowest BCUT2D eigenvalue weighted by Crippen LogP contribution is -2.31. The highest BCUT2D eigenvalue weighted by Crippen LogP contribution is 2.12. The van der Waals surface area contributed by atoms with Crippen molar-refractivity contribution in [1.29, 1.82) is 0 Å². The van der Waals surface area contributed by atoms with E-state index >= 15 is 0 Å². The Balaban J connectivity index is 2.22. The van der Waals surface area contributed by atoms with Gasteiger partial charge in [-0.05, 0) is 38.0 Å². The second kappa shape index (κ2) is 9.15. The van der Waals surface area contributed by atoms with E-state index < -0.39 is 6.10 Å². The standard InChI is InChI=1S/C16H23FN2O3/c1-11(2)19-16(22)5-3-4-15(21)18-10-14(20)12-6-8-13(17)9-7-12/h6-9,11,14,20H,3-5,10H2,1-2H3,(H,18,21)(H,19,22). The number of rotatable bonds is 8. The molecule has 0 aliphatic rings. The molecule has 0 aromatic heterocycles. The van der Waals surface area contributed by atoms with Crippen LogP contribution in [-0.4, -0.2) is 29.5 Å². The molecule has 1 aromatic carbocycles. The van der Waals surface area contributed by atoms with Crippen LogP contribution in [0.1, 0.15) is 44.8 Å². The molecule has 0 aliphatic carbocycles. The molecule has 0 fully saturated rings. The molecule has 1 unspecified atom stereocenters. The summed E-state index contributed by atoms with van der Waals surface area (Å²) >= 11 is 0. The van der Waals surface area contributed by atoms with Crippen LogP contribution in [-0.2, 0) is 9.59 Å². The maximum atomic E-state index is 12.8. The van der Waals surface area contributed by atoms with Crippen LogP contribution in [0.25, 0.3) is 0 Å². The summed E-state index contributed by atoms with van der Waals surface area (Å²) in [6.07, 6.45) is 0.0962. The predicted molar refractivity (Wildman–Crippen MR) is 81.5 cm³/mol. The first-order chi connectivity index (χ1) is 10.4. The second-order valence-corrected chi connectivity index (χ2v) is 5.45. The number of aliphatic hydroxyl groups is 1. The molecule has 0 saturated carbocycles. The third kappa shape index (κ3) is 7.17.